The van der Waals surface area contributed by atoms with Gasteiger partial charge < -0.3 is 14.8 Å². The van der Waals surface area contributed by atoms with Crippen LogP contribution in [0.5, 0.6) is 11.5 Å². The lowest BCUT2D eigenvalue weighted by Crippen LogP contribution is -2.34. The summed E-state index contributed by atoms with van der Waals surface area (Å²) < 4.78 is 10.8. The van der Waals surface area contributed by atoms with Gasteiger partial charge >= 0.3 is 0 Å². The molecule has 1 fully saturated rings. The van der Waals surface area contributed by atoms with Crippen molar-refractivity contribution in [3.63, 3.8) is 0 Å². The van der Waals surface area contributed by atoms with Crippen LogP contribution in [0.4, 0.5) is 0 Å². The molecule has 0 aromatic heterocycles. The molecule has 0 amide bonds. The Bertz CT molecular complexity index is 334. The average molecular weight is 207 g/mol. The third-order valence-electron chi connectivity index (χ3n) is 2.71. The summed E-state index contributed by atoms with van der Waals surface area (Å²) in [7, 11) is 1.68. The number of benzene rings is 1. The van der Waals surface area contributed by atoms with Gasteiger partial charge in [0, 0.05) is 6.04 Å². The summed E-state index contributed by atoms with van der Waals surface area (Å²) in [4.78, 5) is 0. The molecular formula is C12H17NO2. The van der Waals surface area contributed by atoms with Crippen LogP contribution in [0.1, 0.15) is 24.9 Å². The Morgan fingerprint density at radius 3 is 2.73 bits per heavy atom. The highest BCUT2D eigenvalue weighted by molar-refractivity contribution is 5.44. The van der Waals surface area contributed by atoms with Crippen LogP contribution in [0.15, 0.2) is 18.2 Å². The normalized spacial score (nSPS) is 19.5. The van der Waals surface area contributed by atoms with Crippen molar-refractivity contribution in [1.29, 1.82) is 0 Å². The molecule has 0 saturated carbocycles. The molecule has 82 valence electrons. The quantitative estimate of drug-likeness (QED) is 0.820. The fourth-order valence-corrected chi connectivity index (χ4v) is 1.75. The van der Waals surface area contributed by atoms with E-state index >= 15 is 0 Å². The second-order valence-corrected chi connectivity index (χ2v) is 3.64. The minimum atomic E-state index is 0.495. The largest absolute Gasteiger partial charge is 0.493 e. The lowest BCUT2D eigenvalue weighted by molar-refractivity contribution is 0.309. The zero-order valence-corrected chi connectivity index (χ0v) is 9.25. The van der Waals surface area contributed by atoms with Crippen molar-refractivity contribution in [2.75, 3.05) is 20.3 Å². The van der Waals surface area contributed by atoms with Crippen LogP contribution in [-0.4, -0.2) is 20.3 Å². The number of hydrogen-bond donors (Lipinski definition) is 1. The minimum Gasteiger partial charge on any atom is -0.493 e. The van der Waals surface area contributed by atoms with Gasteiger partial charge in [0.05, 0.1) is 13.7 Å². The number of rotatable bonds is 4. The highest BCUT2D eigenvalue weighted by Crippen LogP contribution is 2.32. The number of methoxy groups -OCH3 is 1. The number of nitrogens with one attached hydrogen (secondary N) is 1. The van der Waals surface area contributed by atoms with Crippen LogP contribution in [0.2, 0.25) is 0 Å². The summed E-state index contributed by atoms with van der Waals surface area (Å²) in [6.07, 6.45) is 1.21. The number of hydrogen-bond acceptors (Lipinski definition) is 3. The molecule has 0 aliphatic carbocycles. The molecule has 0 bridgehead atoms. The van der Waals surface area contributed by atoms with Gasteiger partial charge in [-0.1, -0.05) is 6.07 Å². The molecule has 1 aromatic rings. The van der Waals surface area contributed by atoms with E-state index in [2.05, 4.69) is 17.4 Å². The molecule has 1 saturated heterocycles. The van der Waals surface area contributed by atoms with Crippen LogP contribution in [-0.2, 0) is 0 Å². The first-order valence-corrected chi connectivity index (χ1v) is 5.39. The van der Waals surface area contributed by atoms with Crippen LogP contribution in [0.25, 0.3) is 0 Å². The zero-order chi connectivity index (χ0) is 10.7. The summed E-state index contributed by atoms with van der Waals surface area (Å²) in [6, 6.07) is 6.64. The Hall–Kier alpha value is -1.22. The molecule has 1 atom stereocenters. The summed E-state index contributed by atoms with van der Waals surface area (Å²) >= 11 is 0. The SMILES string of the molecule is CCOc1ccc([C@H]2CCN2)cc1OC. The van der Waals surface area contributed by atoms with E-state index in [1.54, 1.807) is 7.11 Å². The molecule has 0 spiro atoms. The van der Waals surface area contributed by atoms with E-state index in [0.29, 0.717) is 12.6 Å². The van der Waals surface area contributed by atoms with Gasteiger partial charge in [0.1, 0.15) is 0 Å². The highest BCUT2D eigenvalue weighted by atomic mass is 16.5. The van der Waals surface area contributed by atoms with E-state index < -0.39 is 0 Å². The molecule has 2 rings (SSSR count). The monoisotopic (exact) mass is 207 g/mol. The van der Waals surface area contributed by atoms with Crippen molar-refractivity contribution in [2.45, 2.75) is 19.4 Å². The Morgan fingerprint density at radius 2 is 2.20 bits per heavy atom. The van der Waals surface area contributed by atoms with E-state index in [4.69, 9.17) is 9.47 Å². The first-order chi connectivity index (χ1) is 7.35. The van der Waals surface area contributed by atoms with E-state index in [1.807, 2.05) is 13.0 Å². The Kier molecular flexibility index (Phi) is 3.11. The Morgan fingerprint density at radius 1 is 1.40 bits per heavy atom. The lowest BCUT2D eigenvalue weighted by Gasteiger charge is -2.28. The maximum atomic E-state index is 5.47. The molecule has 1 aliphatic heterocycles. The molecule has 0 unspecified atom stereocenters. The van der Waals surface area contributed by atoms with Gasteiger partial charge in [-0.25, -0.2) is 0 Å². The predicted molar refractivity (Wildman–Crippen MR) is 59.5 cm³/mol. The van der Waals surface area contributed by atoms with Gasteiger partial charge in [-0.05, 0) is 37.6 Å². The number of ether oxygens (including phenoxy) is 2. The summed E-state index contributed by atoms with van der Waals surface area (Å²) in [5.74, 6) is 1.64. The fraction of sp³-hybridized carbons (Fsp3) is 0.500. The van der Waals surface area contributed by atoms with Crippen molar-refractivity contribution >= 4 is 0 Å². The smallest absolute Gasteiger partial charge is 0.161 e. The zero-order valence-electron chi connectivity index (χ0n) is 9.25. The Balaban J connectivity index is 2.21. The summed E-state index contributed by atoms with van der Waals surface area (Å²) in [5, 5.41) is 3.37. The standard InChI is InChI=1S/C12H17NO2/c1-3-15-11-5-4-9(8-12(11)14-2)10-6-7-13-10/h4-5,8,10,13H,3,6-7H2,1-2H3/t10-/m1/s1. The Labute approximate surface area is 90.4 Å². The van der Waals surface area contributed by atoms with Crippen LogP contribution in [0.3, 0.4) is 0 Å². The molecule has 0 radical (unpaired) electrons. The second kappa shape index (κ2) is 4.53. The van der Waals surface area contributed by atoms with Crippen molar-refractivity contribution < 1.29 is 9.47 Å². The first kappa shape index (κ1) is 10.3. The highest BCUT2D eigenvalue weighted by Gasteiger charge is 2.19. The van der Waals surface area contributed by atoms with Crippen LogP contribution < -0.4 is 14.8 Å². The van der Waals surface area contributed by atoms with E-state index in [0.717, 1.165) is 18.0 Å². The molecule has 1 N–H and O–H groups in total. The third kappa shape index (κ3) is 2.07. The predicted octanol–water partition coefficient (Wildman–Crippen LogP) is 2.13. The topological polar surface area (TPSA) is 30.5 Å². The second-order valence-electron chi connectivity index (χ2n) is 3.64. The molecule has 3 nitrogen and oxygen atoms in total. The molecular weight excluding hydrogens is 190 g/mol. The first-order valence-electron chi connectivity index (χ1n) is 5.39. The van der Waals surface area contributed by atoms with Crippen LogP contribution >= 0.6 is 0 Å². The van der Waals surface area contributed by atoms with Gasteiger partial charge in [0.15, 0.2) is 11.5 Å². The van der Waals surface area contributed by atoms with Crippen molar-refractivity contribution in [3.05, 3.63) is 23.8 Å². The van der Waals surface area contributed by atoms with Crippen molar-refractivity contribution in [3.8, 4) is 11.5 Å². The van der Waals surface area contributed by atoms with Crippen molar-refractivity contribution in [1.82, 2.24) is 5.32 Å². The summed E-state index contributed by atoms with van der Waals surface area (Å²) in [5.41, 5.74) is 1.28. The molecule has 1 aromatic carbocycles. The molecule has 3 heteroatoms. The van der Waals surface area contributed by atoms with E-state index in [-0.39, 0.29) is 0 Å². The van der Waals surface area contributed by atoms with Crippen molar-refractivity contribution in [2.24, 2.45) is 0 Å². The maximum absolute atomic E-state index is 5.47. The average Bonchev–Trinajstić information content (AvgIpc) is 2.18. The van der Waals surface area contributed by atoms with E-state index in [9.17, 15) is 0 Å². The third-order valence-corrected chi connectivity index (χ3v) is 2.71. The maximum Gasteiger partial charge on any atom is 0.161 e. The molecule has 1 heterocycles. The van der Waals surface area contributed by atoms with Gasteiger partial charge in [0.25, 0.3) is 0 Å². The van der Waals surface area contributed by atoms with Gasteiger partial charge in [0.2, 0.25) is 0 Å². The van der Waals surface area contributed by atoms with E-state index in [1.165, 1.54) is 12.0 Å². The minimum absolute atomic E-state index is 0.495. The summed E-state index contributed by atoms with van der Waals surface area (Å²) in [6.45, 7) is 3.75. The fourth-order valence-electron chi connectivity index (χ4n) is 1.75. The van der Waals surface area contributed by atoms with Gasteiger partial charge in [-0.15, -0.1) is 0 Å². The van der Waals surface area contributed by atoms with Crippen LogP contribution in [0, 0.1) is 0 Å². The molecule has 1 aliphatic rings. The lowest BCUT2D eigenvalue weighted by atomic mass is 9.98. The van der Waals surface area contributed by atoms with Gasteiger partial charge in [-0.3, -0.25) is 0 Å². The van der Waals surface area contributed by atoms with Gasteiger partial charge in [-0.2, -0.15) is 0 Å². The molecule has 15 heavy (non-hydrogen) atoms.